The van der Waals surface area contributed by atoms with Gasteiger partial charge < -0.3 is 10.6 Å². The molecule has 2 rings (SSSR count). The van der Waals surface area contributed by atoms with E-state index < -0.39 is 5.91 Å². The number of carbonyl (C=O) groups excluding carboxylic acids is 2. The minimum absolute atomic E-state index is 0.111. The molecule has 1 heterocycles. The van der Waals surface area contributed by atoms with Crippen molar-refractivity contribution in [2.24, 2.45) is 5.73 Å². The SMILES string of the molecule is NC(=O)CCN(CCc1ccccc1)C(=O)c1ccncc1. The Hall–Kier alpha value is -2.69. The van der Waals surface area contributed by atoms with Gasteiger partial charge in [-0.05, 0) is 24.1 Å². The van der Waals surface area contributed by atoms with Crippen molar-refractivity contribution < 1.29 is 9.59 Å². The highest BCUT2D eigenvalue weighted by molar-refractivity contribution is 5.94. The van der Waals surface area contributed by atoms with Crippen molar-refractivity contribution in [1.29, 1.82) is 0 Å². The van der Waals surface area contributed by atoms with Gasteiger partial charge in [0.05, 0.1) is 0 Å². The van der Waals surface area contributed by atoms with E-state index in [0.717, 1.165) is 12.0 Å². The van der Waals surface area contributed by atoms with E-state index in [1.54, 1.807) is 29.4 Å². The third-order valence-electron chi connectivity index (χ3n) is 3.36. The maximum Gasteiger partial charge on any atom is 0.253 e. The lowest BCUT2D eigenvalue weighted by atomic mass is 10.1. The minimum atomic E-state index is -0.410. The van der Waals surface area contributed by atoms with Crippen LogP contribution in [0.15, 0.2) is 54.9 Å². The summed E-state index contributed by atoms with van der Waals surface area (Å²) in [6.45, 7) is 0.863. The first kappa shape index (κ1) is 15.7. The summed E-state index contributed by atoms with van der Waals surface area (Å²) in [5, 5.41) is 0. The number of nitrogens with two attached hydrogens (primary N) is 1. The van der Waals surface area contributed by atoms with Crippen LogP contribution in [0.1, 0.15) is 22.3 Å². The summed E-state index contributed by atoms with van der Waals surface area (Å²) in [6, 6.07) is 13.3. The van der Waals surface area contributed by atoms with Gasteiger partial charge >= 0.3 is 0 Å². The first-order valence-corrected chi connectivity index (χ1v) is 7.18. The van der Waals surface area contributed by atoms with Gasteiger partial charge in [0, 0.05) is 37.5 Å². The fraction of sp³-hybridized carbons (Fsp3) is 0.235. The second-order valence-corrected chi connectivity index (χ2v) is 4.98. The summed E-state index contributed by atoms with van der Waals surface area (Å²) in [5.74, 6) is -0.521. The number of hydrogen-bond donors (Lipinski definition) is 1. The molecule has 114 valence electrons. The summed E-state index contributed by atoms with van der Waals surface area (Å²) in [6.07, 6.45) is 4.05. The topological polar surface area (TPSA) is 76.3 Å². The highest BCUT2D eigenvalue weighted by Crippen LogP contribution is 2.07. The number of nitrogens with zero attached hydrogens (tertiary/aromatic N) is 2. The summed E-state index contributed by atoms with van der Waals surface area (Å²) >= 11 is 0. The largest absolute Gasteiger partial charge is 0.370 e. The summed E-state index contributed by atoms with van der Waals surface area (Å²) < 4.78 is 0. The van der Waals surface area contributed by atoms with E-state index in [1.807, 2.05) is 30.3 Å². The van der Waals surface area contributed by atoms with Crippen molar-refractivity contribution in [2.75, 3.05) is 13.1 Å². The predicted molar refractivity (Wildman–Crippen MR) is 84.1 cm³/mol. The summed E-state index contributed by atoms with van der Waals surface area (Å²) in [5.41, 5.74) is 6.91. The molecule has 0 aliphatic heterocycles. The molecule has 0 atom stereocenters. The monoisotopic (exact) mass is 297 g/mol. The molecule has 0 bridgehead atoms. The molecule has 1 aromatic carbocycles. The van der Waals surface area contributed by atoms with E-state index in [0.29, 0.717) is 18.7 Å². The highest BCUT2D eigenvalue weighted by Gasteiger charge is 2.16. The number of aromatic nitrogens is 1. The van der Waals surface area contributed by atoms with Crippen LogP contribution in [-0.4, -0.2) is 34.8 Å². The molecule has 0 radical (unpaired) electrons. The normalized spacial score (nSPS) is 10.2. The highest BCUT2D eigenvalue weighted by atomic mass is 16.2. The zero-order chi connectivity index (χ0) is 15.8. The molecule has 0 saturated carbocycles. The van der Waals surface area contributed by atoms with Crippen LogP contribution in [0.5, 0.6) is 0 Å². The van der Waals surface area contributed by atoms with Gasteiger partial charge in [0.15, 0.2) is 0 Å². The Morgan fingerprint density at radius 1 is 1.00 bits per heavy atom. The molecular formula is C17H19N3O2. The maximum absolute atomic E-state index is 12.5. The quantitative estimate of drug-likeness (QED) is 0.844. The molecule has 0 unspecified atom stereocenters. The third-order valence-corrected chi connectivity index (χ3v) is 3.36. The van der Waals surface area contributed by atoms with Crippen molar-refractivity contribution in [1.82, 2.24) is 9.88 Å². The average molecular weight is 297 g/mol. The van der Waals surface area contributed by atoms with E-state index in [9.17, 15) is 9.59 Å². The number of primary amides is 1. The molecule has 5 heteroatoms. The van der Waals surface area contributed by atoms with Crippen molar-refractivity contribution in [3.63, 3.8) is 0 Å². The molecule has 1 aromatic heterocycles. The van der Waals surface area contributed by atoms with Gasteiger partial charge in [0.2, 0.25) is 5.91 Å². The molecule has 22 heavy (non-hydrogen) atoms. The number of rotatable bonds is 7. The Bertz CT molecular complexity index is 614. The Balaban J connectivity index is 2.05. The molecule has 0 aliphatic carbocycles. The van der Waals surface area contributed by atoms with Crippen LogP contribution < -0.4 is 5.73 Å². The minimum Gasteiger partial charge on any atom is -0.370 e. The van der Waals surface area contributed by atoms with Gasteiger partial charge in [-0.3, -0.25) is 14.6 Å². The summed E-state index contributed by atoms with van der Waals surface area (Å²) in [4.78, 5) is 29.1. The van der Waals surface area contributed by atoms with Crippen molar-refractivity contribution in [2.45, 2.75) is 12.8 Å². The second-order valence-electron chi connectivity index (χ2n) is 4.98. The van der Waals surface area contributed by atoms with Crippen molar-refractivity contribution >= 4 is 11.8 Å². The van der Waals surface area contributed by atoms with E-state index in [1.165, 1.54) is 0 Å². The fourth-order valence-corrected chi connectivity index (χ4v) is 2.15. The molecule has 0 fully saturated rings. The summed E-state index contributed by atoms with van der Waals surface area (Å²) in [7, 11) is 0. The fourth-order valence-electron chi connectivity index (χ4n) is 2.15. The van der Waals surface area contributed by atoms with Crippen LogP contribution in [0.25, 0.3) is 0 Å². The first-order chi connectivity index (χ1) is 10.7. The third kappa shape index (κ3) is 4.70. The molecule has 0 spiro atoms. The van der Waals surface area contributed by atoms with Crippen LogP contribution in [-0.2, 0) is 11.2 Å². The Labute approximate surface area is 129 Å². The van der Waals surface area contributed by atoms with Gasteiger partial charge in [-0.15, -0.1) is 0 Å². The number of benzene rings is 1. The molecule has 0 saturated heterocycles. The maximum atomic E-state index is 12.5. The van der Waals surface area contributed by atoms with Crippen LogP contribution in [0.3, 0.4) is 0 Å². The molecule has 2 aromatic rings. The van der Waals surface area contributed by atoms with E-state index >= 15 is 0 Å². The molecule has 2 N–H and O–H groups in total. The first-order valence-electron chi connectivity index (χ1n) is 7.18. The van der Waals surface area contributed by atoms with Crippen LogP contribution in [0.2, 0.25) is 0 Å². The standard InChI is InChI=1S/C17H19N3O2/c18-16(21)9-13-20(12-8-14-4-2-1-3-5-14)17(22)15-6-10-19-11-7-15/h1-7,10-11H,8-9,12-13H2,(H2,18,21). The predicted octanol–water partition coefficient (Wildman–Crippen LogP) is 1.64. The van der Waals surface area contributed by atoms with E-state index in [2.05, 4.69) is 4.98 Å². The van der Waals surface area contributed by atoms with E-state index in [-0.39, 0.29) is 12.3 Å². The lowest BCUT2D eigenvalue weighted by Crippen LogP contribution is -2.35. The molecule has 2 amide bonds. The van der Waals surface area contributed by atoms with Gasteiger partial charge in [-0.1, -0.05) is 30.3 Å². The van der Waals surface area contributed by atoms with Crippen molar-refractivity contribution in [3.05, 3.63) is 66.0 Å². The van der Waals surface area contributed by atoms with Crippen LogP contribution in [0, 0.1) is 0 Å². The number of pyridine rings is 1. The second kappa shape index (κ2) is 7.93. The Kier molecular flexibility index (Phi) is 5.65. The molecule has 5 nitrogen and oxygen atoms in total. The van der Waals surface area contributed by atoms with Crippen LogP contribution in [0.4, 0.5) is 0 Å². The smallest absolute Gasteiger partial charge is 0.253 e. The van der Waals surface area contributed by atoms with E-state index in [4.69, 9.17) is 5.73 Å². The van der Waals surface area contributed by atoms with Crippen LogP contribution >= 0.6 is 0 Å². The van der Waals surface area contributed by atoms with Gasteiger partial charge in [-0.25, -0.2) is 0 Å². The lowest BCUT2D eigenvalue weighted by molar-refractivity contribution is -0.118. The number of amides is 2. The molecule has 0 aliphatic rings. The zero-order valence-corrected chi connectivity index (χ0v) is 12.3. The van der Waals surface area contributed by atoms with Gasteiger partial charge in [0.25, 0.3) is 5.91 Å². The Morgan fingerprint density at radius 3 is 2.32 bits per heavy atom. The average Bonchev–Trinajstić information content (AvgIpc) is 2.56. The molecular weight excluding hydrogens is 278 g/mol. The van der Waals surface area contributed by atoms with Gasteiger partial charge in [-0.2, -0.15) is 0 Å². The van der Waals surface area contributed by atoms with Gasteiger partial charge in [0.1, 0.15) is 0 Å². The Morgan fingerprint density at radius 2 is 1.68 bits per heavy atom. The number of hydrogen-bond acceptors (Lipinski definition) is 3. The zero-order valence-electron chi connectivity index (χ0n) is 12.3. The van der Waals surface area contributed by atoms with Crippen molar-refractivity contribution in [3.8, 4) is 0 Å². The number of carbonyl (C=O) groups is 2. The lowest BCUT2D eigenvalue weighted by Gasteiger charge is -2.22.